The number of nitrogens with two attached hydrogens (primary N) is 1. The van der Waals surface area contributed by atoms with Crippen molar-refractivity contribution in [2.24, 2.45) is 5.73 Å². The van der Waals surface area contributed by atoms with Gasteiger partial charge in [-0.1, -0.05) is 231 Å². The van der Waals surface area contributed by atoms with E-state index in [2.05, 4.69) is 13.8 Å². The summed E-state index contributed by atoms with van der Waals surface area (Å²) in [6.45, 7) is 3.65. The van der Waals surface area contributed by atoms with Gasteiger partial charge in [0.05, 0.1) is 13.2 Å². The Balaban J connectivity index is 4.08. The van der Waals surface area contributed by atoms with E-state index in [1.54, 1.807) is 6.08 Å². The quantitative estimate of drug-likeness (QED) is 0.0202. The summed E-state index contributed by atoms with van der Waals surface area (Å²) in [7, 11) is -4.40. The maximum Gasteiger partial charge on any atom is 0.472 e. The summed E-state index contributed by atoms with van der Waals surface area (Å²) in [6, 6.07) is 0. The minimum atomic E-state index is -4.40. The first-order valence-corrected chi connectivity index (χ1v) is 25.9. The highest BCUT2D eigenvalue weighted by atomic mass is 31.2. The summed E-state index contributed by atoms with van der Waals surface area (Å²) in [5, 5.41) is 0. The zero-order valence-corrected chi connectivity index (χ0v) is 38.7. The fraction of sp³-hybridized carbons (Fsp3) is 0.875. The third-order valence-electron chi connectivity index (χ3n) is 10.7. The summed E-state index contributed by atoms with van der Waals surface area (Å²) < 4.78 is 32.7. The first kappa shape index (κ1) is 56.5. The third-order valence-corrected chi connectivity index (χ3v) is 11.7. The monoisotopic (exact) mass is 842 g/mol. The van der Waals surface area contributed by atoms with Gasteiger partial charge in [0, 0.05) is 19.0 Å². The number of carbonyl (C=O) groups excluding carboxylic acids is 2. The number of hydrogen-bond donors (Lipinski definition) is 2. The number of phosphoric acid groups is 1. The Morgan fingerprint density at radius 3 is 1.36 bits per heavy atom. The van der Waals surface area contributed by atoms with Crippen molar-refractivity contribution in [1.82, 2.24) is 0 Å². The number of esters is 2. The molecule has 0 aliphatic carbocycles. The molecule has 2 atom stereocenters. The molecule has 1 unspecified atom stereocenters. The van der Waals surface area contributed by atoms with Crippen molar-refractivity contribution >= 4 is 19.8 Å². The second-order valence-corrected chi connectivity index (χ2v) is 17.9. The highest BCUT2D eigenvalue weighted by molar-refractivity contribution is 7.47. The number of ether oxygens (including phenoxy) is 2. The predicted octanol–water partition coefficient (Wildman–Crippen LogP) is 14.3. The van der Waals surface area contributed by atoms with Crippen molar-refractivity contribution in [2.75, 3.05) is 26.4 Å². The van der Waals surface area contributed by atoms with Gasteiger partial charge in [0.25, 0.3) is 0 Å². The lowest BCUT2D eigenvalue weighted by Gasteiger charge is -2.19. The first-order valence-electron chi connectivity index (χ1n) is 24.4. The molecule has 0 aromatic carbocycles. The molecule has 0 aliphatic rings. The normalized spacial score (nSPS) is 13.4. The van der Waals surface area contributed by atoms with Crippen LogP contribution in [0.15, 0.2) is 24.3 Å². The van der Waals surface area contributed by atoms with Crippen molar-refractivity contribution in [3.8, 4) is 0 Å². The molecule has 58 heavy (non-hydrogen) atoms. The molecule has 0 amide bonds. The maximum absolute atomic E-state index is 12.5. The van der Waals surface area contributed by atoms with E-state index in [4.69, 9.17) is 24.3 Å². The van der Waals surface area contributed by atoms with Crippen LogP contribution >= 0.6 is 7.82 Å². The van der Waals surface area contributed by atoms with Crippen LogP contribution in [0.2, 0.25) is 0 Å². The van der Waals surface area contributed by atoms with Gasteiger partial charge in [0.15, 0.2) is 6.10 Å². The van der Waals surface area contributed by atoms with Crippen molar-refractivity contribution in [2.45, 2.75) is 245 Å². The smallest absolute Gasteiger partial charge is 0.462 e. The SMILES string of the molecule is CCCCCCCCCCCCC/C=C/C=C/C(=O)O[C@H](COC(=O)CCCCCCCCCCCCCCCCCCCCCCCC)COP(=O)(O)OCCN. The lowest BCUT2D eigenvalue weighted by Crippen LogP contribution is -2.29. The Morgan fingerprint density at radius 2 is 0.948 bits per heavy atom. The minimum Gasteiger partial charge on any atom is -0.462 e. The van der Waals surface area contributed by atoms with Gasteiger partial charge in [-0.25, -0.2) is 9.36 Å². The molecular formula is C48H92NO8P. The number of phosphoric ester groups is 1. The average molecular weight is 842 g/mol. The van der Waals surface area contributed by atoms with E-state index in [1.165, 1.54) is 192 Å². The van der Waals surface area contributed by atoms with E-state index < -0.39 is 32.5 Å². The molecule has 0 saturated carbocycles. The van der Waals surface area contributed by atoms with Crippen LogP contribution < -0.4 is 5.73 Å². The molecule has 0 rings (SSSR count). The Bertz CT molecular complexity index is 1010. The van der Waals surface area contributed by atoms with E-state index in [0.29, 0.717) is 0 Å². The van der Waals surface area contributed by atoms with Gasteiger partial charge in [-0.2, -0.15) is 0 Å². The minimum absolute atomic E-state index is 0.0427. The second kappa shape index (κ2) is 45.0. The first-order chi connectivity index (χ1) is 28.3. The zero-order chi connectivity index (χ0) is 42.5. The standard InChI is InChI=1S/C48H92NO8P/c1-3-5-7-9-11-13-15-17-19-20-21-22-23-24-25-27-28-30-32-34-36-38-40-47(50)54-44-46(45-56-58(52,53)55-43-42-49)57-48(51)41-39-37-35-33-31-29-26-18-16-14-12-10-8-6-4-2/h35,37,39,41,46H,3-34,36,38,40,42-45,49H2,1-2H3,(H,52,53)/b37-35+,41-39+/t46-/m1/s1. The molecule has 0 saturated heterocycles. The molecule has 3 N–H and O–H groups in total. The Labute approximate surface area is 357 Å². The van der Waals surface area contributed by atoms with Gasteiger partial charge < -0.3 is 20.1 Å². The summed E-state index contributed by atoms with van der Waals surface area (Å²) in [5.41, 5.74) is 5.35. The maximum atomic E-state index is 12.5. The van der Waals surface area contributed by atoms with Crippen LogP contribution in [0.25, 0.3) is 0 Å². The molecule has 0 heterocycles. The van der Waals surface area contributed by atoms with Crippen molar-refractivity contribution in [3.63, 3.8) is 0 Å². The van der Waals surface area contributed by atoms with E-state index in [0.717, 1.165) is 32.1 Å². The number of hydrogen-bond acceptors (Lipinski definition) is 8. The largest absolute Gasteiger partial charge is 0.472 e. The predicted molar refractivity (Wildman–Crippen MR) is 243 cm³/mol. The zero-order valence-electron chi connectivity index (χ0n) is 37.8. The van der Waals surface area contributed by atoms with Crippen LogP contribution in [-0.4, -0.2) is 49.3 Å². The fourth-order valence-corrected chi connectivity index (χ4v) is 7.84. The van der Waals surface area contributed by atoms with E-state index >= 15 is 0 Å². The van der Waals surface area contributed by atoms with Gasteiger partial charge in [0.1, 0.15) is 6.61 Å². The highest BCUT2D eigenvalue weighted by Gasteiger charge is 2.25. The molecule has 0 aromatic heterocycles. The van der Waals surface area contributed by atoms with Gasteiger partial charge in [-0.3, -0.25) is 13.8 Å². The molecule has 0 spiro atoms. The topological polar surface area (TPSA) is 134 Å². The molecular weight excluding hydrogens is 750 g/mol. The van der Waals surface area contributed by atoms with Crippen molar-refractivity contribution in [3.05, 3.63) is 24.3 Å². The molecule has 0 bridgehead atoms. The molecule has 9 nitrogen and oxygen atoms in total. The number of unbranched alkanes of at least 4 members (excludes halogenated alkanes) is 32. The summed E-state index contributed by atoms with van der Waals surface area (Å²) in [6.07, 6.45) is 50.0. The number of rotatable bonds is 46. The van der Waals surface area contributed by atoms with Gasteiger partial charge >= 0.3 is 19.8 Å². The van der Waals surface area contributed by atoms with Gasteiger partial charge in [-0.15, -0.1) is 0 Å². The molecule has 0 aliphatic heterocycles. The summed E-state index contributed by atoms with van der Waals surface area (Å²) in [5.74, 6) is -1.07. The van der Waals surface area contributed by atoms with Crippen molar-refractivity contribution < 1.29 is 37.6 Å². The molecule has 10 heteroatoms. The highest BCUT2D eigenvalue weighted by Crippen LogP contribution is 2.43. The number of allylic oxidation sites excluding steroid dienone is 3. The Hall–Kier alpha value is -1.51. The molecule has 0 fully saturated rings. The van der Waals surface area contributed by atoms with Crippen LogP contribution in [0.1, 0.15) is 239 Å². The van der Waals surface area contributed by atoms with Crippen LogP contribution in [-0.2, 0) is 32.7 Å². The summed E-state index contributed by atoms with van der Waals surface area (Å²) in [4.78, 5) is 34.8. The van der Waals surface area contributed by atoms with Crippen molar-refractivity contribution in [1.29, 1.82) is 0 Å². The van der Waals surface area contributed by atoms with Crippen LogP contribution in [0.5, 0.6) is 0 Å². The van der Waals surface area contributed by atoms with Crippen LogP contribution in [0, 0.1) is 0 Å². The molecule has 0 radical (unpaired) electrons. The Morgan fingerprint density at radius 1 is 0.552 bits per heavy atom. The lowest BCUT2D eigenvalue weighted by molar-refractivity contribution is -0.157. The van der Waals surface area contributed by atoms with Crippen LogP contribution in [0.3, 0.4) is 0 Å². The summed E-state index contributed by atoms with van der Waals surface area (Å²) >= 11 is 0. The third kappa shape index (κ3) is 44.1. The van der Waals surface area contributed by atoms with E-state index in [-0.39, 0.29) is 26.2 Å². The molecule has 0 aromatic rings. The Kier molecular flexibility index (Phi) is 43.9. The van der Waals surface area contributed by atoms with E-state index in [9.17, 15) is 19.0 Å². The van der Waals surface area contributed by atoms with Gasteiger partial charge in [-0.05, 0) is 19.3 Å². The number of carbonyl (C=O) groups is 2. The molecule has 342 valence electrons. The van der Waals surface area contributed by atoms with Gasteiger partial charge in [0.2, 0.25) is 0 Å². The lowest BCUT2D eigenvalue weighted by atomic mass is 10.0. The average Bonchev–Trinajstić information content (AvgIpc) is 3.21. The van der Waals surface area contributed by atoms with Crippen LogP contribution in [0.4, 0.5) is 0 Å². The van der Waals surface area contributed by atoms with E-state index in [1.807, 2.05) is 12.2 Å². The second-order valence-electron chi connectivity index (χ2n) is 16.4. The fourth-order valence-electron chi connectivity index (χ4n) is 7.07.